The highest BCUT2D eigenvalue weighted by Gasteiger charge is 2.30. The van der Waals surface area contributed by atoms with E-state index in [0.717, 1.165) is 17.7 Å². The standard InChI is InChI=1S/C23H20F3N3OS/c24-23(25,26)20-11-6-9-18(13-20)15-30-21-12-5-4-10-19(21)14-28-29-22(27)31-16-17-7-2-1-3-8-17/h1-14H,15-16H2,(H2,27,29). The van der Waals surface area contributed by atoms with E-state index in [1.807, 2.05) is 30.3 Å². The predicted molar refractivity (Wildman–Crippen MR) is 119 cm³/mol. The fraction of sp³-hybridized carbons (Fsp3) is 0.130. The summed E-state index contributed by atoms with van der Waals surface area (Å²) in [5.41, 5.74) is 7.36. The van der Waals surface area contributed by atoms with Crippen molar-refractivity contribution >= 4 is 23.1 Å². The molecule has 0 bridgehead atoms. The molecule has 2 N–H and O–H groups in total. The summed E-state index contributed by atoms with van der Waals surface area (Å²) in [6.45, 7) is -0.00684. The molecule has 3 rings (SSSR count). The molecule has 0 unspecified atom stereocenters. The van der Waals surface area contributed by atoms with Crippen LogP contribution in [-0.2, 0) is 18.5 Å². The van der Waals surface area contributed by atoms with Crippen molar-refractivity contribution in [1.29, 1.82) is 0 Å². The molecule has 0 spiro atoms. The minimum absolute atomic E-state index is 0.00684. The third-order valence-corrected chi connectivity index (χ3v) is 5.01. The average molecular weight is 443 g/mol. The number of para-hydroxylation sites is 1. The lowest BCUT2D eigenvalue weighted by molar-refractivity contribution is -0.137. The van der Waals surface area contributed by atoms with Gasteiger partial charge in [-0.2, -0.15) is 18.3 Å². The summed E-state index contributed by atoms with van der Waals surface area (Å²) in [5.74, 6) is 1.16. The molecule has 0 atom stereocenters. The van der Waals surface area contributed by atoms with Crippen LogP contribution < -0.4 is 10.5 Å². The molecule has 160 valence electrons. The highest BCUT2D eigenvalue weighted by molar-refractivity contribution is 8.13. The third kappa shape index (κ3) is 7.18. The Bertz CT molecular complexity index is 1050. The molecule has 3 aromatic carbocycles. The fourth-order valence-corrected chi connectivity index (χ4v) is 3.24. The van der Waals surface area contributed by atoms with E-state index in [9.17, 15) is 13.2 Å². The summed E-state index contributed by atoms with van der Waals surface area (Å²) in [6.07, 6.45) is -2.89. The van der Waals surface area contributed by atoms with Crippen LogP contribution in [0.3, 0.4) is 0 Å². The van der Waals surface area contributed by atoms with E-state index in [4.69, 9.17) is 10.5 Å². The summed E-state index contributed by atoms with van der Waals surface area (Å²) in [7, 11) is 0. The normalized spacial score (nSPS) is 12.3. The smallest absolute Gasteiger partial charge is 0.416 e. The van der Waals surface area contributed by atoms with Gasteiger partial charge in [0.15, 0.2) is 5.17 Å². The number of halogens is 3. The van der Waals surface area contributed by atoms with Crippen LogP contribution in [0.4, 0.5) is 13.2 Å². The first-order valence-electron chi connectivity index (χ1n) is 9.33. The molecule has 3 aromatic rings. The zero-order valence-corrected chi connectivity index (χ0v) is 17.2. The summed E-state index contributed by atoms with van der Waals surface area (Å²) in [6, 6.07) is 22.0. The Morgan fingerprint density at radius 1 is 0.935 bits per heavy atom. The van der Waals surface area contributed by atoms with Crippen molar-refractivity contribution in [2.45, 2.75) is 18.5 Å². The molecule has 0 saturated heterocycles. The van der Waals surface area contributed by atoms with E-state index in [0.29, 0.717) is 27.8 Å². The third-order valence-electron chi connectivity index (χ3n) is 4.15. The fourth-order valence-electron chi connectivity index (χ4n) is 2.63. The van der Waals surface area contributed by atoms with Gasteiger partial charge in [-0.15, -0.1) is 5.10 Å². The maximum absolute atomic E-state index is 12.9. The number of nitrogens with zero attached hydrogens (tertiary/aromatic N) is 2. The second-order valence-corrected chi connectivity index (χ2v) is 7.48. The summed E-state index contributed by atoms with van der Waals surface area (Å²) in [5, 5.41) is 8.30. The van der Waals surface area contributed by atoms with Gasteiger partial charge in [0.2, 0.25) is 0 Å². The zero-order chi connectivity index (χ0) is 22.1. The van der Waals surface area contributed by atoms with Gasteiger partial charge >= 0.3 is 6.18 Å². The minimum atomic E-state index is -4.39. The van der Waals surface area contributed by atoms with Crippen LogP contribution in [0, 0.1) is 0 Å². The Morgan fingerprint density at radius 3 is 2.42 bits per heavy atom. The Labute approximate surface area is 182 Å². The zero-order valence-electron chi connectivity index (χ0n) is 16.4. The number of benzene rings is 3. The second-order valence-electron chi connectivity index (χ2n) is 6.48. The van der Waals surface area contributed by atoms with Crippen LogP contribution in [0.2, 0.25) is 0 Å². The number of alkyl halides is 3. The van der Waals surface area contributed by atoms with E-state index in [1.165, 1.54) is 24.0 Å². The first-order valence-corrected chi connectivity index (χ1v) is 10.3. The maximum atomic E-state index is 12.9. The molecule has 0 saturated carbocycles. The Balaban J connectivity index is 1.61. The number of amidine groups is 1. The number of nitrogens with two attached hydrogens (primary N) is 1. The van der Waals surface area contributed by atoms with Gasteiger partial charge in [-0.25, -0.2) is 0 Å². The van der Waals surface area contributed by atoms with Gasteiger partial charge in [0, 0.05) is 11.3 Å². The molecule has 0 amide bonds. The molecule has 8 heteroatoms. The molecule has 4 nitrogen and oxygen atoms in total. The molecule has 0 heterocycles. The number of hydrogen-bond acceptors (Lipinski definition) is 4. The van der Waals surface area contributed by atoms with Gasteiger partial charge in [-0.05, 0) is 35.4 Å². The average Bonchev–Trinajstić information content (AvgIpc) is 2.77. The monoisotopic (exact) mass is 443 g/mol. The first-order chi connectivity index (χ1) is 14.9. The van der Waals surface area contributed by atoms with Gasteiger partial charge < -0.3 is 10.5 Å². The summed E-state index contributed by atoms with van der Waals surface area (Å²) >= 11 is 1.37. The number of rotatable bonds is 7. The van der Waals surface area contributed by atoms with Gasteiger partial charge in [0.25, 0.3) is 0 Å². The SMILES string of the molecule is NC(=NN=Cc1ccccc1OCc1cccc(C(F)(F)F)c1)SCc1ccccc1. The van der Waals surface area contributed by atoms with Crippen molar-refractivity contribution in [2.75, 3.05) is 0 Å². The number of thioether (sulfide) groups is 1. The predicted octanol–water partition coefficient (Wildman–Crippen LogP) is 5.87. The lowest BCUT2D eigenvalue weighted by Crippen LogP contribution is -2.06. The Hall–Kier alpha value is -3.26. The van der Waals surface area contributed by atoms with E-state index in [2.05, 4.69) is 10.2 Å². The van der Waals surface area contributed by atoms with Crippen LogP contribution in [-0.4, -0.2) is 11.4 Å². The van der Waals surface area contributed by atoms with E-state index >= 15 is 0 Å². The van der Waals surface area contributed by atoms with Crippen molar-refractivity contribution < 1.29 is 17.9 Å². The van der Waals surface area contributed by atoms with Crippen molar-refractivity contribution in [3.63, 3.8) is 0 Å². The van der Waals surface area contributed by atoms with E-state index in [1.54, 1.807) is 30.3 Å². The molecular formula is C23H20F3N3OS. The lowest BCUT2D eigenvalue weighted by atomic mass is 10.1. The van der Waals surface area contributed by atoms with E-state index in [-0.39, 0.29) is 6.61 Å². The Morgan fingerprint density at radius 2 is 1.65 bits per heavy atom. The molecular weight excluding hydrogens is 423 g/mol. The quantitative estimate of drug-likeness (QED) is 0.282. The topological polar surface area (TPSA) is 60.0 Å². The minimum Gasteiger partial charge on any atom is -0.488 e. The van der Waals surface area contributed by atoms with Gasteiger partial charge in [0.1, 0.15) is 12.4 Å². The Kier molecular flexibility index (Phi) is 7.72. The molecule has 0 fully saturated rings. The summed E-state index contributed by atoms with van der Waals surface area (Å²) < 4.78 is 44.3. The lowest BCUT2D eigenvalue weighted by Gasteiger charge is -2.11. The van der Waals surface area contributed by atoms with Crippen molar-refractivity contribution in [3.05, 3.63) is 101 Å². The van der Waals surface area contributed by atoms with Crippen LogP contribution in [0.1, 0.15) is 22.3 Å². The number of hydrogen-bond donors (Lipinski definition) is 1. The largest absolute Gasteiger partial charge is 0.488 e. The molecule has 31 heavy (non-hydrogen) atoms. The maximum Gasteiger partial charge on any atom is 0.416 e. The second kappa shape index (κ2) is 10.7. The molecule has 0 radical (unpaired) electrons. The van der Waals surface area contributed by atoms with Crippen molar-refractivity contribution in [1.82, 2.24) is 0 Å². The molecule has 0 aliphatic carbocycles. The van der Waals surface area contributed by atoms with Gasteiger partial charge in [-0.1, -0.05) is 66.4 Å². The molecule has 0 aromatic heterocycles. The number of ether oxygens (including phenoxy) is 1. The van der Waals surface area contributed by atoms with Crippen molar-refractivity contribution in [2.24, 2.45) is 15.9 Å². The van der Waals surface area contributed by atoms with E-state index < -0.39 is 11.7 Å². The van der Waals surface area contributed by atoms with Crippen molar-refractivity contribution in [3.8, 4) is 5.75 Å². The highest BCUT2D eigenvalue weighted by atomic mass is 32.2. The molecule has 0 aliphatic heterocycles. The van der Waals surface area contributed by atoms with Gasteiger partial charge in [0.05, 0.1) is 11.8 Å². The highest BCUT2D eigenvalue weighted by Crippen LogP contribution is 2.30. The van der Waals surface area contributed by atoms with Crippen LogP contribution in [0.25, 0.3) is 0 Å². The summed E-state index contributed by atoms with van der Waals surface area (Å²) in [4.78, 5) is 0. The van der Waals surface area contributed by atoms with Gasteiger partial charge in [-0.3, -0.25) is 0 Å². The van der Waals surface area contributed by atoms with Crippen LogP contribution in [0.15, 0.2) is 89.1 Å². The first kappa shape index (κ1) is 22.4. The molecule has 0 aliphatic rings. The van der Waals surface area contributed by atoms with Crippen LogP contribution in [0.5, 0.6) is 5.75 Å². The van der Waals surface area contributed by atoms with Crippen LogP contribution >= 0.6 is 11.8 Å².